The number of likely N-dealkylation sites (tertiary alicyclic amines) is 1. The topological polar surface area (TPSA) is 140 Å². The first-order chi connectivity index (χ1) is 21.0. The maximum Gasteiger partial charge on any atom is 0.253 e. The van der Waals surface area contributed by atoms with Gasteiger partial charge in [0.05, 0.1) is 27.7 Å². The minimum Gasteiger partial charge on any atom is -0.391 e. The molecule has 2 aliphatic heterocycles. The number of aromatic nitrogens is 2. The normalized spacial score (nSPS) is 19.5. The number of aliphatic hydroxyl groups excluding tert-OH is 1. The molecule has 12 heteroatoms. The van der Waals surface area contributed by atoms with Gasteiger partial charge < -0.3 is 30.9 Å². The molecular formula is C32H41N7O4S. The standard InChI is InChI=1S/C32H41N7O4S/c1-20-27(44-19-36-20)22-7-5-21(6-8-22)16-35-30(42)25-15-24(40)18-39(25)31(43)28(32(2,3)4)37-29(41)23-9-10-26(34-17-23)38-13-11-33-12-14-38/h5-10,17,19,24-25,28,33,40H,11-16,18H2,1-4H3,(H,35,42)(H,37,41)/t24-,25+,28-/m1/s1. The molecule has 2 aliphatic rings. The maximum atomic E-state index is 13.9. The molecular weight excluding hydrogens is 578 g/mol. The van der Waals surface area contributed by atoms with Crippen molar-refractivity contribution in [2.75, 3.05) is 37.6 Å². The quantitative estimate of drug-likeness (QED) is 0.301. The van der Waals surface area contributed by atoms with Gasteiger partial charge in [0.15, 0.2) is 0 Å². The molecule has 4 N–H and O–H groups in total. The number of amides is 3. The molecule has 0 bridgehead atoms. The number of rotatable bonds is 8. The molecule has 3 amide bonds. The van der Waals surface area contributed by atoms with E-state index in [-0.39, 0.29) is 25.4 Å². The highest BCUT2D eigenvalue weighted by Gasteiger charge is 2.44. The van der Waals surface area contributed by atoms with Crippen LogP contribution >= 0.6 is 11.3 Å². The van der Waals surface area contributed by atoms with E-state index in [0.29, 0.717) is 5.56 Å². The third-order valence-electron chi connectivity index (χ3n) is 8.13. The summed E-state index contributed by atoms with van der Waals surface area (Å²) >= 11 is 1.58. The number of thiazole rings is 1. The van der Waals surface area contributed by atoms with Crippen LogP contribution in [0.3, 0.4) is 0 Å². The highest BCUT2D eigenvalue weighted by Crippen LogP contribution is 2.28. The van der Waals surface area contributed by atoms with Crippen LogP contribution < -0.4 is 20.9 Å². The van der Waals surface area contributed by atoms with Crippen molar-refractivity contribution >= 4 is 34.9 Å². The van der Waals surface area contributed by atoms with Gasteiger partial charge in [0.1, 0.15) is 17.9 Å². The fraction of sp³-hybridized carbons (Fsp3) is 0.469. The molecule has 1 aromatic carbocycles. The Labute approximate surface area is 262 Å². The van der Waals surface area contributed by atoms with Crippen LogP contribution in [0.25, 0.3) is 10.4 Å². The molecule has 4 heterocycles. The number of aryl methyl sites for hydroxylation is 1. The number of aliphatic hydroxyl groups is 1. The van der Waals surface area contributed by atoms with E-state index < -0.39 is 35.4 Å². The summed E-state index contributed by atoms with van der Waals surface area (Å²) in [4.78, 5) is 54.0. The Kier molecular flexibility index (Phi) is 9.62. The smallest absolute Gasteiger partial charge is 0.253 e. The van der Waals surface area contributed by atoms with Gasteiger partial charge in [0.25, 0.3) is 5.91 Å². The molecule has 0 aliphatic carbocycles. The van der Waals surface area contributed by atoms with Gasteiger partial charge in [0.2, 0.25) is 11.8 Å². The van der Waals surface area contributed by atoms with Crippen molar-refractivity contribution in [3.8, 4) is 10.4 Å². The van der Waals surface area contributed by atoms with Crippen LogP contribution in [0.15, 0.2) is 48.1 Å². The minimum absolute atomic E-state index is 0.0171. The zero-order valence-electron chi connectivity index (χ0n) is 25.7. The first kappa shape index (κ1) is 31.6. The van der Waals surface area contributed by atoms with Gasteiger partial charge in [-0.1, -0.05) is 45.0 Å². The largest absolute Gasteiger partial charge is 0.391 e. The molecule has 44 heavy (non-hydrogen) atoms. The lowest BCUT2D eigenvalue weighted by Gasteiger charge is -2.35. The molecule has 0 unspecified atom stereocenters. The molecule has 234 valence electrons. The summed E-state index contributed by atoms with van der Waals surface area (Å²) in [5.41, 5.74) is 4.46. The molecule has 5 rings (SSSR count). The zero-order chi connectivity index (χ0) is 31.4. The Morgan fingerprint density at radius 3 is 2.43 bits per heavy atom. The van der Waals surface area contributed by atoms with Crippen molar-refractivity contribution in [3.63, 3.8) is 0 Å². The van der Waals surface area contributed by atoms with Crippen LogP contribution in [-0.2, 0) is 16.1 Å². The van der Waals surface area contributed by atoms with E-state index in [4.69, 9.17) is 0 Å². The number of carbonyl (C=O) groups excluding carboxylic acids is 3. The van der Waals surface area contributed by atoms with Gasteiger partial charge in [-0.15, -0.1) is 11.3 Å². The van der Waals surface area contributed by atoms with Gasteiger partial charge in [-0.2, -0.15) is 0 Å². The predicted octanol–water partition coefficient (Wildman–Crippen LogP) is 2.35. The number of carbonyl (C=O) groups is 3. The second kappa shape index (κ2) is 13.4. The van der Waals surface area contributed by atoms with Crippen molar-refractivity contribution in [3.05, 3.63) is 64.9 Å². The zero-order valence-corrected chi connectivity index (χ0v) is 26.5. The number of benzene rings is 1. The molecule has 11 nitrogen and oxygen atoms in total. The summed E-state index contributed by atoms with van der Waals surface area (Å²) in [6, 6.07) is 9.67. The van der Waals surface area contributed by atoms with E-state index >= 15 is 0 Å². The van der Waals surface area contributed by atoms with E-state index in [1.54, 1.807) is 17.4 Å². The number of nitrogens with one attached hydrogen (secondary N) is 3. The molecule has 2 fully saturated rings. The lowest BCUT2D eigenvalue weighted by Crippen LogP contribution is -2.57. The SMILES string of the molecule is Cc1ncsc1-c1ccc(CNC(=O)[C@@H]2C[C@@H](O)CN2C(=O)[C@@H](NC(=O)c2ccc(N3CCNCC3)nc2)C(C)(C)C)cc1. The van der Waals surface area contributed by atoms with Crippen molar-refractivity contribution in [2.24, 2.45) is 5.41 Å². The number of piperazine rings is 1. The third kappa shape index (κ3) is 7.25. The van der Waals surface area contributed by atoms with Gasteiger partial charge in [-0.05, 0) is 35.6 Å². The van der Waals surface area contributed by atoms with Gasteiger partial charge in [0, 0.05) is 51.9 Å². The van der Waals surface area contributed by atoms with Crippen molar-refractivity contribution in [2.45, 2.75) is 58.8 Å². The highest BCUT2D eigenvalue weighted by atomic mass is 32.1. The predicted molar refractivity (Wildman–Crippen MR) is 170 cm³/mol. The maximum absolute atomic E-state index is 13.9. The second-order valence-electron chi connectivity index (χ2n) is 12.5. The lowest BCUT2D eigenvalue weighted by molar-refractivity contribution is -0.142. The molecule has 2 saturated heterocycles. The molecule has 2 aromatic heterocycles. The van der Waals surface area contributed by atoms with Crippen LogP contribution in [0.4, 0.5) is 5.82 Å². The lowest BCUT2D eigenvalue weighted by atomic mass is 9.85. The molecule has 0 radical (unpaired) electrons. The van der Waals surface area contributed by atoms with Gasteiger partial charge in [-0.25, -0.2) is 9.97 Å². The summed E-state index contributed by atoms with van der Waals surface area (Å²) in [7, 11) is 0. The minimum atomic E-state index is -0.925. The van der Waals surface area contributed by atoms with Crippen LogP contribution in [0, 0.1) is 12.3 Å². The number of anilines is 1. The summed E-state index contributed by atoms with van der Waals surface area (Å²) in [6.45, 7) is 11.3. The molecule has 3 aromatic rings. The highest BCUT2D eigenvalue weighted by molar-refractivity contribution is 7.13. The second-order valence-corrected chi connectivity index (χ2v) is 13.3. The van der Waals surface area contributed by atoms with Crippen molar-refractivity contribution < 1.29 is 19.5 Å². The van der Waals surface area contributed by atoms with Crippen LogP contribution in [-0.4, -0.2) is 88.6 Å². The first-order valence-corrected chi connectivity index (χ1v) is 15.9. The van der Waals surface area contributed by atoms with Crippen molar-refractivity contribution in [1.82, 2.24) is 30.8 Å². The first-order valence-electron chi connectivity index (χ1n) is 15.0. The number of hydrogen-bond donors (Lipinski definition) is 4. The summed E-state index contributed by atoms with van der Waals surface area (Å²) in [5.74, 6) is -0.367. The van der Waals surface area contributed by atoms with Crippen molar-refractivity contribution in [1.29, 1.82) is 0 Å². The number of β-amino-alcohol motifs (C(OH)–C–C–N with tert-alkyl or cyclic N) is 1. The number of nitrogens with zero attached hydrogens (tertiary/aromatic N) is 4. The van der Waals surface area contributed by atoms with Crippen LogP contribution in [0.2, 0.25) is 0 Å². The van der Waals surface area contributed by atoms with E-state index in [2.05, 4.69) is 30.8 Å². The number of pyridine rings is 1. The Bertz CT molecular complexity index is 1460. The average Bonchev–Trinajstić information content (AvgIpc) is 3.63. The summed E-state index contributed by atoms with van der Waals surface area (Å²) in [5, 5.41) is 19.6. The Balaban J connectivity index is 1.23. The number of hydrogen-bond acceptors (Lipinski definition) is 9. The monoisotopic (exact) mass is 619 g/mol. The Hall–Kier alpha value is -3.87. The van der Waals surface area contributed by atoms with E-state index in [0.717, 1.165) is 53.7 Å². The van der Waals surface area contributed by atoms with E-state index in [9.17, 15) is 19.5 Å². The van der Waals surface area contributed by atoms with E-state index in [1.807, 2.05) is 63.5 Å². The van der Waals surface area contributed by atoms with Gasteiger partial charge in [-0.3, -0.25) is 14.4 Å². The fourth-order valence-corrected chi connectivity index (χ4v) is 6.41. The Morgan fingerprint density at radius 2 is 1.82 bits per heavy atom. The summed E-state index contributed by atoms with van der Waals surface area (Å²) < 4.78 is 0. The molecule has 0 saturated carbocycles. The average molecular weight is 620 g/mol. The molecule has 0 spiro atoms. The van der Waals surface area contributed by atoms with Crippen LogP contribution in [0.1, 0.15) is 48.8 Å². The fourth-order valence-electron chi connectivity index (χ4n) is 5.60. The molecule has 3 atom stereocenters. The van der Waals surface area contributed by atoms with Gasteiger partial charge >= 0.3 is 0 Å². The Morgan fingerprint density at radius 1 is 1.09 bits per heavy atom. The van der Waals surface area contributed by atoms with E-state index in [1.165, 1.54) is 11.1 Å². The summed E-state index contributed by atoms with van der Waals surface area (Å²) in [6.07, 6.45) is 0.816. The third-order valence-corrected chi connectivity index (χ3v) is 9.11. The van der Waals surface area contributed by atoms with Crippen LogP contribution in [0.5, 0.6) is 0 Å².